The van der Waals surface area contributed by atoms with E-state index in [1.54, 1.807) is 0 Å². The molecule has 0 saturated heterocycles. The second-order valence-electron chi connectivity index (χ2n) is 29.1. The highest BCUT2D eigenvalue weighted by Gasteiger charge is 2.22. The first-order valence-electron chi connectivity index (χ1n) is 38.3. The van der Waals surface area contributed by atoms with Crippen LogP contribution in [-0.4, -0.2) is 0 Å². The summed E-state index contributed by atoms with van der Waals surface area (Å²) in [5, 5.41) is 19.5. The van der Waals surface area contributed by atoms with E-state index in [0.717, 1.165) is 100 Å². The van der Waals surface area contributed by atoms with Crippen molar-refractivity contribution in [3.63, 3.8) is 0 Å². The molecule has 22 aromatic rings. The van der Waals surface area contributed by atoms with Crippen molar-refractivity contribution >= 4 is 143 Å². The first kappa shape index (κ1) is 65.5. The van der Waals surface area contributed by atoms with E-state index >= 15 is 0 Å². The summed E-state index contributed by atoms with van der Waals surface area (Å²) >= 11 is 0. The van der Waals surface area contributed by atoms with E-state index in [2.05, 4.69) is 410 Å². The zero-order chi connectivity index (χ0) is 74.0. The molecule has 0 aliphatic carbocycles. The molecule has 4 nitrogen and oxygen atoms in total. The fourth-order valence-electron chi connectivity index (χ4n) is 16.8. The molecule has 0 fully saturated rings. The minimum atomic E-state index is 0.908. The van der Waals surface area contributed by atoms with Crippen LogP contribution in [0.2, 0.25) is 0 Å². The Balaban J connectivity index is 0.000000141. The van der Waals surface area contributed by atoms with Crippen LogP contribution in [-0.2, 0) is 0 Å². The Morgan fingerprint density at radius 1 is 0.152 bits per heavy atom. The third-order valence-electron chi connectivity index (χ3n) is 22.5. The molecule has 2 heterocycles. The number of benzene rings is 20. The molecule has 112 heavy (non-hydrogen) atoms. The SMILES string of the molecule is c1ccc2cc(-c3ccc(-c4ccc(N(c5ccc(-c6cccc7c6oc6ccccc67)cc5)c5cc6ccccc6c6ccccc56)cc4)cc3)ccc2c1.c1ccc2cc(-c3ccc(-c4ccc(N(c5ccc(-c6cccc7c6oc6ccccc67)cc5)c5ccc6c(ccc7ccccc76)c5)cc4)cc3)ccc2c1. The first-order chi connectivity index (χ1) is 55.5. The van der Waals surface area contributed by atoms with E-state index in [9.17, 15) is 0 Å². The van der Waals surface area contributed by atoms with Gasteiger partial charge in [-0.1, -0.05) is 334 Å². The maximum Gasteiger partial charge on any atom is 0.143 e. The monoisotopic (exact) mass is 1430 g/mol. The largest absolute Gasteiger partial charge is 0.455 e. The summed E-state index contributed by atoms with van der Waals surface area (Å²) in [5.41, 5.74) is 24.3. The van der Waals surface area contributed by atoms with Crippen molar-refractivity contribution in [1.29, 1.82) is 0 Å². The summed E-state index contributed by atoms with van der Waals surface area (Å²) in [6.07, 6.45) is 0. The highest BCUT2D eigenvalue weighted by molar-refractivity contribution is 6.16. The van der Waals surface area contributed by atoms with Gasteiger partial charge >= 0.3 is 0 Å². The topological polar surface area (TPSA) is 32.8 Å². The molecule has 0 N–H and O–H groups in total. The highest BCUT2D eigenvalue weighted by Crippen LogP contribution is 2.46. The fourth-order valence-corrected chi connectivity index (χ4v) is 16.8. The van der Waals surface area contributed by atoms with E-state index in [-0.39, 0.29) is 0 Å². The maximum atomic E-state index is 6.43. The van der Waals surface area contributed by atoms with Crippen LogP contribution in [0, 0.1) is 0 Å². The quantitative estimate of drug-likeness (QED) is 0.114. The second-order valence-corrected chi connectivity index (χ2v) is 29.1. The van der Waals surface area contributed by atoms with Crippen LogP contribution in [0.15, 0.2) is 433 Å². The Labute approximate surface area is 648 Å². The van der Waals surface area contributed by atoms with Crippen LogP contribution in [0.3, 0.4) is 0 Å². The van der Waals surface area contributed by atoms with Gasteiger partial charge in [-0.3, -0.25) is 0 Å². The molecule has 0 saturated carbocycles. The van der Waals surface area contributed by atoms with Gasteiger partial charge in [0.05, 0.1) is 5.69 Å². The number of hydrogen-bond acceptors (Lipinski definition) is 4. The molecule has 0 aliphatic rings. The van der Waals surface area contributed by atoms with E-state index in [0.29, 0.717) is 0 Å². The van der Waals surface area contributed by atoms with Crippen molar-refractivity contribution in [2.24, 2.45) is 0 Å². The predicted molar refractivity (Wildman–Crippen MR) is 474 cm³/mol. The number of furan rings is 2. The summed E-state index contributed by atoms with van der Waals surface area (Å²) in [6, 6.07) is 153. The summed E-state index contributed by atoms with van der Waals surface area (Å²) < 4.78 is 12.8. The molecule has 2 aromatic heterocycles. The molecule has 0 radical (unpaired) electrons. The maximum absolute atomic E-state index is 6.43. The minimum Gasteiger partial charge on any atom is -0.455 e. The van der Waals surface area contributed by atoms with Gasteiger partial charge in [-0.2, -0.15) is 0 Å². The number of fused-ring (bicyclic) bond motifs is 14. The lowest BCUT2D eigenvalue weighted by molar-refractivity contribution is 0.669. The van der Waals surface area contributed by atoms with Gasteiger partial charge in [0, 0.05) is 66.5 Å². The van der Waals surface area contributed by atoms with Gasteiger partial charge in [-0.05, 0) is 206 Å². The average Bonchev–Trinajstić information content (AvgIpc) is 1.34. The molecule has 0 spiro atoms. The molecule has 22 rings (SSSR count). The summed E-state index contributed by atoms with van der Waals surface area (Å²) in [7, 11) is 0. The molecular formula is C108H70N2O2. The van der Waals surface area contributed by atoms with E-state index < -0.39 is 0 Å². The van der Waals surface area contributed by atoms with Crippen molar-refractivity contribution in [2.45, 2.75) is 0 Å². The zero-order valence-electron chi connectivity index (χ0n) is 61.1. The molecule has 0 bridgehead atoms. The van der Waals surface area contributed by atoms with Crippen LogP contribution in [0.25, 0.3) is 175 Å². The Morgan fingerprint density at radius 2 is 0.455 bits per heavy atom. The van der Waals surface area contributed by atoms with Crippen LogP contribution in [0.5, 0.6) is 0 Å². The summed E-state index contributed by atoms with van der Waals surface area (Å²) in [5.74, 6) is 0. The molecule has 20 aromatic carbocycles. The van der Waals surface area contributed by atoms with Crippen molar-refractivity contribution in [3.8, 4) is 66.8 Å². The number of rotatable bonds is 12. The molecule has 4 heteroatoms. The lowest BCUT2D eigenvalue weighted by atomic mass is 9.97. The Morgan fingerprint density at radius 3 is 0.938 bits per heavy atom. The standard InChI is InChI=1S/2C54H35NO/c1-2-11-41-34-42(25-24-36(41)10-1)39-22-20-37(21-23-39)38-26-30-44(31-27-38)55(52-35-43-12-3-4-13-46(43)48-14-5-6-15-49(48)52)45-32-28-40(29-33-45)47-17-9-18-51-50-16-7-8-19-53(50)56-54(47)51;1-2-10-42-34-43(22-20-36(42)8-1)39-18-16-37(17-19-39)38-24-28-45(29-25-38)55(47-32-33-49-44(35-47)23-21-40-9-3-4-11-48(40)49)46-30-26-41(27-31-46)50-13-7-14-52-51-12-5-6-15-53(51)56-54(50)52/h2*1-35H. The van der Waals surface area contributed by atoms with Crippen molar-refractivity contribution in [3.05, 3.63) is 425 Å². The van der Waals surface area contributed by atoms with Crippen LogP contribution in [0.1, 0.15) is 0 Å². The fraction of sp³-hybridized carbons (Fsp3) is 0. The normalized spacial score (nSPS) is 11.6. The van der Waals surface area contributed by atoms with Crippen LogP contribution < -0.4 is 9.80 Å². The molecule has 524 valence electrons. The highest BCUT2D eigenvalue weighted by atomic mass is 16.3. The predicted octanol–water partition coefficient (Wildman–Crippen LogP) is 31.0. The van der Waals surface area contributed by atoms with Gasteiger partial charge in [0.15, 0.2) is 0 Å². The Kier molecular flexibility index (Phi) is 16.2. The van der Waals surface area contributed by atoms with Crippen molar-refractivity contribution in [1.82, 2.24) is 0 Å². The summed E-state index contributed by atoms with van der Waals surface area (Å²) in [6.45, 7) is 0. The molecule has 0 atom stereocenters. The van der Waals surface area contributed by atoms with Gasteiger partial charge in [-0.25, -0.2) is 0 Å². The molecule has 0 aliphatic heterocycles. The third-order valence-corrected chi connectivity index (χ3v) is 22.5. The lowest BCUT2D eigenvalue weighted by Gasteiger charge is -2.28. The molecular weight excluding hydrogens is 1360 g/mol. The van der Waals surface area contributed by atoms with E-state index in [1.165, 1.54) is 109 Å². The average molecular weight is 1430 g/mol. The van der Waals surface area contributed by atoms with Gasteiger partial charge in [0.2, 0.25) is 0 Å². The number of anilines is 6. The van der Waals surface area contributed by atoms with Gasteiger partial charge in [0.1, 0.15) is 22.3 Å². The Hall–Kier alpha value is -14.8. The second kappa shape index (κ2) is 27.7. The van der Waals surface area contributed by atoms with E-state index in [4.69, 9.17) is 8.83 Å². The zero-order valence-corrected chi connectivity index (χ0v) is 61.1. The lowest BCUT2D eigenvalue weighted by Crippen LogP contribution is -2.10. The van der Waals surface area contributed by atoms with E-state index in [1.807, 2.05) is 24.3 Å². The number of nitrogens with zero attached hydrogens (tertiary/aromatic N) is 2. The smallest absolute Gasteiger partial charge is 0.143 e. The van der Waals surface area contributed by atoms with Gasteiger partial charge in [-0.15, -0.1) is 0 Å². The molecule has 0 amide bonds. The third kappa shape index (κ3) is 11.9. The first-order valence-corrected chi connectivity index (χ1v) is 38.3. The number of hydrogen-bond donors (Lipinski definition) is 0. The van der Waals surface area contributed by atoms with Gasteiger partial charge in [0.25, 0.3) is 0 Å². The van der Waals surface area contributed by atoms with Crippen LogP contribution in [0.4, 0.5) is 34.1 Å². The molecule has 0 unspecified atom stereocenters. The summed E-state index contributed by atoms with van der Waals surface area (Å²) in [4.78, 5) is 4.75. The Bertz CT molecular complexity index is 7340. The minimum absolute atomic E-state index is 0.908. The van der Waals surface area contributed by atoms with Gasteiger partial charge < -0.3 is 18.6 Å². The van der Waals surface area contributed by atoms with Crippen molar-refractivity contribution < 1.29 is 8.83 Å². The van der Waals surface area contributed by atoms with Crippen molar-refractivity contribution in [2.75, 3.05) is 9.80 Å². The van der Waals surface area contributed by atoms with Crippen LogP contribution >= 0.6 is 0 Å². The number of para-hydroxylation sites is 4.